The fourth-order valence-electron chi connectivity index (χ4n) is 4.21. The van der Waals surface area contributed by atoms with Crippen LogP contribution in [0, 0.1) is 0 Å². The molecule has 34 heavy (non-hydrogen) atoms. The molecule has 0 spiro atoms. The second-order valence-corrected chi connectivity index (χ2v) is 8.66. The van der Waals surface area contributed by atoms with Crippen molar-refractivity contribution in [1.29, 1.82) is 0 Å². The molecule has 1 aliphatic carbocycles. The van der Waals surface area contributed by atoms with Gasteiger partial charge >= 0.3 is 0 Å². The smallest absolute Gasteiger partial charge is 0.261 e. The molecule has 2 N–H and O–H groups in total. The van der Waals surface area contributed by atoms with E-state index < -0.39 is 5.91 Å². The van der Waals surface area contributed by atoms with Crippen molar-refractivity contribution < 1.29 is 19.2 Å². The quantitative estimate of drug-likeness (QED) is 0.554. The second-order valence-electron chi connectivity index (χ2n) is 8.66. The van der Waals surface area contributed by atoms with Crippen molar-refractivity contribution in [2.24, 2.45) is 5.73 Å². The molecule has 0 saturated heterocycles. The molecular weight excluding hydrogens is 430 g/mol. The van der Waals surface area contributed by atoms with Gasteiger partial charge in [-0.2, -0.15) is 0 Å². The topological polar surface area (TPSA) is 101 Å². The summed E-state index contributed by atoms with van der Waals surface area (Å²) in [4.78, 5) is 52.8. The number of primary amides is 1. The molecule has 7 nitrogen and oxygen atoms in total. The molecule has 0 unspecified atom stereocenters. The first-order valence-corrected chi connectivity index (χ1v) is 11.2. The Bertz CT molecular complexity index is 1260. The minimum Gasteiger partial charge on any atom is -0.366 e. The van der Waals surface area contributed by atoms with E-state index in [1.165, 1.54) is 4.90 Å². The van der Waals surface area contributed by atoms with Crippen LogP contribution in [-0.4, -0.2) is 39.5 Å². The molecule has 1 fully saturated rings. The first kappa shape index (κ1) is 21.6. The highest BCUT2D eigenvalue weighted by atomic mass is 16.2. The van der Waals surface area contributed by atoms with Crippen LogP contribution >= 0.6 is 0 Å². The number of carbonyl (C=O) groups is 4. The molecule has 4 amide bonds. The van der Waals surface area contributed by atoms with E-state index in [9.17, 15) is 19.2 Å². The summed E-state index contributed by atoms with van der Waals surface area (Å²) in [6.45, 7) is 0.596. The van der Waals surface area contributed by atoms with Gasteiger partial charge in [-0.25, -0.2) is 0 Å². The summed E-state index contributed by atoms with van der Waals surface area (Å²) in [6, 6.07) is 21.0. The summed E-state index contributed by atoms with van der Waals surface area (Å²) in [5.74, 6) is -1.16. The lowest BCUT2D eigenvalue weighted by Crippen LogP contribution is -2.32. The zero-order valence-electron chi connectivity index (χ0n) is 18.4. The van der Waals surface area contributed by atoms with Crippen LogP contribution in [0.4, 0.5) is 0 Å². The molecule has 7 heteroatoms. The first-order valence-electron chi connectivity index (χ1n) is 11.2. The first-order chi connectivity index (χ1) is 16.4. The van der Waals surface area contributed by atoms with Gasteiger partial charge in [0.25, 0.3) is 17.7 Å². The maximum atomic E-state index is 13.2. The van der Waals surface area contributed by atoms with Gasteiger partial charge < -0.3 is 10.6 Å². The van der Waals surface area contributed by atoms with Crippen LogP contribution in [0.3, 0.4) is 0 Å². The van der Waals surface area contributed by atoms with Crippen LogP contribution in [0.1, 0.15) is 65.4 Å². The highest BCUT2D eigenvalue weighted by Gasteiger charge is 2.35. The molecule has 1 aliphatic heterocycles. The van der Waals surface area contributed by atoms with Crippen LogP contribution in [0.2, 0.25) is 0 Å². The lowest BCUT2D eigenvalue weighted by molar-refractivity contribution is 0.0640. The number of benzene rings is 3. The van der Waals surface area contributed by atoms with E-state index in [1.807, 2.05) is 17.0 Å². The van der Waals surface area contributed by atoms with Gasteiger partial charge in [-0.15, -0.1) is 0 Å². The van der Waals surface area contributed by atoms with Gasteiger partial charge in [0.15, 0.2) is 0 Å². The number of nitrogens with zero attached hydrogens (tertiary/aromatic N) is 2. The number of rotatable bonds is 7. The Balaban J connectivity index is 1.28. The van der Waals surface area contributed by atoms with Gasteiger partial charge in [-0.1, -0.05) is 36.4 Å². The molecule has 1 saturated carbocycles. The summed E-state index contributed by atoms with van der Waals surface area (Å²) in [5, 5.41) is 0. The average Bonchev–Trinajstić information content (AvgIpc) is 3.67. The molecule has 0 bridgehead atoms. The van der Waals surface area contributed by atoms with Crippen molar-refractivity contribution in [3.05, 3.63) is 106 Å². The predicted octanol–water partition coefficient (Wildman–Crippen LogP) is 3.39. The highest BCUT2D eigenvalue weighted by Crippen LogP contribution is 2.30. The van der Waals surface area contributed by atoms with Crippen LogP contribution < -0.4 is 5.73 Å². The van der Waals surface area contributed by atoms with Crippen molar-refractivity contribution >= 4 is 23.6 Å². The van der Waals surface area contributed by atoms with Crippen LogP contribution in [-0.2, 0) is 13.1 Å². The Morgan fingerprint density at radius 2 is 1.32 bits per heavy atom. The Hall–Kier alpha value is -4.26. The van der Waals surface area contributed by atoms with Crippen LogP contribution in [0.25, 0.3) is 0 Å². The molecule has 0 atom stereocenters. The lowest BCUT2D eigenvalue weighted by Gasteiger charge is -2.23. The van der Waals surface area contributed by atoms with E-state index in [0.717, 1.165) is 24.0 Å². The third-order valence-corrected chi connectivity index (χ3v) is 6.26. The molecule has 0 radical (unpaired) electrons. The minimum atomic E-state index is -0.483. The molecule has 5 rings (SSSR count). The molecule has 2 aliphatic rings. The Labute approximate surface area is 196 Å². The monoisotopic (exact) mass is 453 g/mol. The van der Waals surface area contributed by atoms with E-state index in [-0.39, 0.29) is 30.3 Å². The molecule has 0 aromatic heterocycles. The van der Waals surface area contributed by atoms with Crippen molar-refractivity contribution in [3.63, 3.8) is 0 Å². The van der Waals surface area contributed by atoms with Crippen molar-refractivity contribution in [2.75, 3.05) is 0 Å². The third-order valence-electron chi connectivity index (χ3n) is 6.26. The number of hydrogen-bond acceptors (Lipinski definition) is 4. The Morgan fingerprint density at radius 3 is 1.85 bits per heavy atom. The van der Waals surface area contributed by atoms with Gasteiger partial charge in [0.2, 0.25) is 5.91 Å². The molecule has 170 valence electrons. The standard InChI is InChI=1S/C27H23N3O4/c28-24(31)19-9-5-17(6-10-19)15-29(21-13-14-21)25(32)20-11-7-18(8-12-20)16-30-26(33)22-3-1-2-4-23(22)27(30)34/h1-12,21H,13-16H2,(H2,28,31). The summed E-state index contributed by atoms with van der Waals surface area (Å²) in [7, 11) is 0. The average molecular weight is 453 g/mol. The normalized spacial score (nSPS) is 14.8. The summed E-state index contributed by atoms with van der Waals surface area (Å²) in [5.41, 5.74) is 8.82. The van der Waals surface area contributed by atoms with Gasteiger partial charge in [0, 0.05) is 23.7 Å². The SMILES string of the molecule is NC(=O)c1ccc(CN(C(=O)c2ccc(CN3C(=O)c4ccccc4C3=O)cc2)C2CC2)cc1. The number of fused-ring (bicyclic) bond motifs is 1. The molecule has 3 aromatic carbocycles. The van der Waals surface area contributed by atoms with E-state index in [0.29, 0.717) is 28.8 Å². The fraction of sp³-hybridized carbons (Fsp3) is 0.185. The number of carbonyl (C=O) groups excluding carboxylic acids is 4. The third kappa shape index (κ3) is 4.08. The molecular formula is C27H23N3O4. The van der Waals surface area contributed by atoms with Gasteiger partial charge in [0.1, 0.15) is 0 Å². The van der Waals surface area contributed by atoms with Crippen molar-refractivity contribution in [3.8, 4) is 0 Å². The van der Waals surface area contributed by atoms with E-state index >= 15 is 0 Å². The summed E-state index contributed by atoms with van der Waals surface area (Å²) in [6.07, 6.45) is 1.92. The van der Waals surface area contributed by atoms with Crippen LogP contribution in [0.5, 0.6) is 0 Å². The minimum absolute atomic E-state index is 0.0752. The number of nitrogens with two attached hydrogens (primary N) is 1. The number of amides is 4. The van der Waals surface area contributed by atoms with Crippen molar-refractivity contribution in [2.45, 2.75) is 32.0 Å². The van der Waals surface area contributed by atoms with E-state index in [4.69, 9.17) is 5.73 Å². The van der Waals surface area contributed by atoms with Gasteiger partial charge in [-0.3, -0.25) is 24.1 Å². The maximum Gasteiger partial charge on any atom is 0.261 e. The van der Waals surface area contributed by atoms with Crippen LogP contribution in [0.15, 0.2) is 72.8 Å². The zero-order valence-corrected chi connectivity index (χ0v) is 18.4. The summed E-state index contributed by atoms with van der Waals surface area (Å²) >= 11 is 0. The predicted molar refractivity (Wildman–Crippen MR) is 125 cm³/mol. The number of hydrogen-bond donors (Lipinski definition) is 1. The Kier molecular flexibility index (Phi) is 5.45. The lowest BCUT2D eigenvalue weighted by atomic mass is 10.1. The maximum absolute atomic E-state index is 13.2. The van der Waals surface area contributed by atoms with E-state index in [1.54, 1.807) is 60.7 Å². The van der Waals surface area contributed by atoms with Gasteiger partial charge in [0.05, 0.1) is 17.7 Å². The molecule has 3 aromatic rings. The number of imide groups is 1. The summed E-state index contributed by atoms with van der Waals surface area (Å²) < 4.78 is 0. The fourth-order valence-corrected chi connectivity index (χ4v) is 4.21. The molecule has 1 heterocycles. The zero-order chi connectivity index (χ0) is 23.8. The Morgan fingerprint density at radius 1 is 0.794 bits per heavy atom. The second kappa shape index (κ2) is 8.59. The van der Waals surface area contributed by atoms with Gasteiger partial charge in [-0.05, 0) is 60.4 Å². The largest absolute Gasteiger partial charge is 0.366 e. The highest BCUT2D eigenvalue weighted by molar-refractivity contribution is 6.21. The van der Waals surface area contributed by atoms with E-state index in [2.05, 4.69) is 0 Å². The van der Waals surface area contributed by atoms with Crippen molar-refractivity contribution in [1.82, 2.24) is 9.80 Å².